The fourth-order valence-corrected chi connectivity index (χ4v) is 3.26. The predicted molar refractivity (Wildman–Crippen MR) is 142 cm³/mol. The molecule has 0 heterocycles. The van der Waals surface area contributed by atoms with Crippen LogP contribution in [0, 0.1) is 23.7 Å². The lowest BCUT2D eigenvalue weighted by Gasteiger charge is -2.14. The topological polar surface area (TPSA) is 76.7 Å². The second-order valence-electron chi connectivity index (χ2n) is 8.34. The quantitative estimate of drug-likeness (QED) is 0.271. The van der Waals surface area contributed by atoms with Gasteiger partial charge in [0, 0.05) is 12.8 Å². The van der Waals surface area contributed by atoms with Gasteiger partial charge >= 0.3 is 12.2 Å². The Bertz CT molecular complexity index is 947. The number of unbranched alkanes of at least 4 members (excludes halogenated alkanes) is 4. The SMILES string of the molecule is C[C@H](NC(=O)OCCCCC#CC#CCCCCOC(=O)N[C@@H](C)c1ccccc1)c1ccccc1. The summed E-state index contributed by atoms with van der Waals surface area (Å²) in [6.45, 7) is 4.58. The molecule has 0 spiro atoms. The molecule has 2 amide bonds. The number of rotatable bonds is 12. The minimum atomic E-state index is -0.406. The lowest BCUT2D eigenvalue weighted by atomic mass is 10.1. The molecule has 190 valence electrons. The second kappa shape index (κ2) is 17.5. The summed E-state index contributed by atoms with van der Waals surface area (Å²) in [7, 11) is 0. The molecule has 0 saturated carbocycles. The first kappa shape index (κ1) is 28.3. The molecule has 36 heavy (non-hydrogen) atoms. The van der Waals surface area contributed by atoms with Crippen molar-refractivity contribution in [2.75, 3.05) is 13.2 Å². The van der Waals surface area contributed by atoms with Crippen molar-refractivity contribution in [1.82, 2.24) is 10.6 Å². The van der Waals surface area contributed by atoms with E-state index in [9.17, 15) is 9.59 Å². The highest BCUT2D eigenvalue weighted by molar-refractivity contribution is 5.68. The van der Waals surface area contributed by atoms with E-state index in [1.165, 1.54) is 0 Å². The summed E-state index contributed by atoms with van der Waals surface area (Å²) >= 11 is 0. The van der Waals surface area contributed by atoms with Gasteiger partial charge in [-0.15, -0.1) is 0 Å². The normalized spacial score (nSPS) is 11.5. The number of hydrogen-bond donors (Lipinski definition) is 2. The summed E-state index contributed by atoms with van der Waals surface area (Å²) in [6, 6.07) is 19.3. The summed E-state index contributed by atoms with van der Waals surface area (Å²) in [5.74, 6) is 11.7. The van der Waals surface area contributed by atoms with Crippen LogP contribution in [-0.2, 0) is 9.47 Å². The molecular weight excluding hydrogens is 452 g/mol. The minimum Gasteiger partial charge on any atom is -0.450 e. The van der Waals surface area contributed by atoms with Gasteiger partial charge in [0.1, 0.15) is 0 Å². The number of benzene rings is 2. The Labute approximate surface area is 215 Å². The first-order valence-electron chi connectivity index (χ1n) is 12.5. The summed E-state index contributed by atoms with van der Waals surface area (Å²) in [6.07, 6.45) is 3.82. The molecule has 0 fully saturated rings. The smallest absolute Gasteiger partial charge is 0.407 e. The largest absolute Gasteiger partial charge is 0.450 e. The van der Waals surface area contributed by atoms with E-state index in [1.807, 2.05) is 74.5 Å². The molecule has 2 N–H and O–H groups in total. The van der Waals surface area contributed by atoms with E-state index in [4.69, 9.17) is 9.47 Å². The highest BCUT2D eigenvalue weighted by atomic mass is 16.6. The second-order valence-corrected chi connectivity index (χ2v) is 8.34. The van der Waals surface area contributed by atoms with Crippen molar-refractivity contribution in [2.45, 2.75) is 64.5 Å². The van der Waals surface area contributed by atoms with Crippen molar-refractivity contribution in [3.05, 3.63) is 71.8 Å². The average molecular weight is 489 g/mol. The van der Waals surface area contributed by atoms with Gasteiger partial charge in [0.25, 0.3) is 0 Å². The van der Waals surface area contributed by atoms with Crippen LogP contribution in [0.2, 0.25) is 0 Å². The summed E-state index contributed by atoms with van der Waals surface area (Å²) in [4.78, 5) is 23.7. The van der Waals surface area contributed by atoms with E-state index in [0.717, 1.165) is 36.8 Å². The van der Waals surface area contributed by atoms with Gasteiger partial charge in [-0.05, 0) is 62.5 Å². The average Bonchev–Trinajstić information content (AvgIpc) is 2.89. The van der Waals surface area contributed by atoms with Crippen molar-refractivity contribution in [2.24, 2.45) is 0 Å². The van der Waals surface area contributed by atoms with E-state index in [1.54, 1.807) is 0 Å². The van der Waals surface area contributed by atoms with Crippen molar-refractivity contribution < 1.29 is 19.1 Å². The Morgan fingerprint density at radius 3 is 1.44 bits per heavy atom. The van der Waals surface area contributed by atoms with Gasteiger partial charge < -0.3 is 20.1 Å². The standard InChI is InChI=1S/C30H36N2O4/c1-25(27-19-13-11-14-20-27)31-29(33)35-23-17-9-7-5-3-4-6-8-10-18-24-36-30(34)32-26(2)28-21-15-12-16-22-28/h11-16,19-22,25-26H,7-10,17-18,23-24H2,1-2H3,(H,31,33)(H,32,34)/t25-,26-/m0/s1. The first-order valence-corrected chi connectivity index (χ1v) is 12.5. The van der Waals surface area contributed by atoms with Crippen LogP contribution in [0.1, 0.15) is 75.6 Å². The van der Waals surface area contributed by atoms with Crippen LogP contribution in [-0.4, -0.2) is 25.4 Å². The Balaban J connectivity index is 1.43. The number of ether oxygens (including phenoxy) is 2. The van der Waals surface area contributed by atoms with Gasteiger partial charge in [0.2, 0.25) is 0 Å². The molecule has 0 aliphatic heterocycles. The molecule has 2 aromatic rings. The van der Waals surface area contributed by atoms with Gasteiger partial charge in [-0.1, -0.05) is 72.5 Å². The Morgan fingerprint density at radius 2 is 1.06 bits per heavy atom. The van der Waals surface area contributed by atoms with Crippen LogP contribution in [0.15, 0.2) is 60.7 Å². The molecule has 0 aliphatic carbocycles. The Kier molecular flexibility index (Phi) is 13.8. The fraction of sp³-hybridized carbons (Fsp3) is 0.400. The fourth-order valence-electron chi connectivity index (χ4n) is 3.26. The molecule has 2 rings (SSSR count). The van der Waals surface area contributed by atoms with Gasteiger partial charge in [0.15, 0.2) is 0 Å². The van der Waals surface area contributed by atoms with Gasteiger partial charge in [0.05, 0.1) is 25.3 Å². The van der Waals surface area contributed by atoms with E-state index < -0.39 is 12.2 Å². The Hall–Kier alpha value is -3.90. The lowest BCUT2D eigenvalue weighted by Crippen LogP contribution is -2.27. The zero-order valence-corrected chi connectivity index (χ0v) is 21.2. The van der Waals surface area contributed by atoms with Crippen molar-refractivity contribution in [1.29, 1.82) is 0 Å². The monoisotopic (exact) mass is 488 g/mol. The molecule has 0 bridgehead atoms. The number of nitrogens with one attached hydrogen (secondary N) is 2. The molecular formula is C30H36N2O4. The van der Waals surface area contributed by atoms with Crippen LogP contribution in [0.25, 0.3) is 0 Å². The minimum absolute atomic E-state index is 0.0936. The van der Waals surface area contributed by atoms with Crippen molar-refractivity contribution in [3.63, 3.8) is 0 Å². The maximum atomic E-state index is 11.9. The van der Waals surface area contributed by atoms with Crippen molar-refractivity contribution >= 4 is 12.2 Å². The van der Waals surface area contributed by atoms with E-state index in [-0.39, 0.29) is 12.1 Å². The summed E-state index contributed by atoms with van der Waals surface area (Å²) in [5, 5.41) is 5.65. The number of carbonyl (C=O) groups excluding carboxylic acids is 2. The van der Waals surface area contributed by atoms with E-state index in [2.05, 4.69) is 34.3 Å². The van der Waals surface area contributed by atoms with Gasteiger partial charge in [-0.3, -0.25) is 0 Å². The number of carbonyl (C=O) groups is 2. The van der Waals surface area contributed by atoms with Crippen LogP contribution >= 0.6 is 0 Å². The molecule has 0 aliphatic rings. The van der Waals surface area contributed by atoms with Crippen LogP contribution in [0.5, 0.6) is 0 Å². The molecule has 6 nitrogen and oxygen atoms in total. The maximum Gasteiger partial charge on any atom is 0.407 e. The van der Waals surface area contributed by atoms with Crippen LogP contribution in [0.4, 0.5) is 9.59 Å². The molecule has 0 aromatic heterocycles. The first-order chi connectivity index (χ1) is 17.6. The highest BCUT2D eigenvalue weighted by Crippen LogP contribution is 2.12. The molecule has 0 radical (unpaired) electrons. The van der Waals surface area contributed by atoms with Crippen LogP contribution < -0.4 is 10.6 Å². The zero-order chi connectivity index (χ0) is 25.8. The number of alkyl carbamates (subject to hydrolysis) is 2. The van der Waals surface area contributed by atoms with Crippen molar-refractivity contribution in [3.8, 4) is 23.7 Å². The van der Waals surface area contributed by atoms with Gasteiger partial charge in [-0.2, -0.15) is 0 Å². The predicted octanol–water partition coefficient (Wildman–Crippen LogP) is 6.31. The molecule has 6 heteroatoms. The Morgan fingerprint density at radius 1 is 0.667 bits per heavy atom. The number of amides is 2. The zero-order valence-electron chi connectivity index (χ0n) is 21.2. The molecule has 0 unspecified atom stereocenters. The third-order valence-electron chi connectivity index (χ3n) is 5.37. The summed E-state index contributed by atoms with van der Waals surface area (Å²) < 4.78 is 10.4. The third-order valence-corrected chi connectivity index (χ3v) is 5.37. The molecule has 2 atom stereocenters. The van der Waals surface area contributed by atoms with Crippen LogP contribution in [0.3, 0.4) is 0 Å². The third kappa shape index (κ3) is 12.5. The number of hydrogen-bond acceptors (Lipinski definition) is 4. The molecule has 0 saturated heterocycles. The highest BCUT2D eigenvalue weighted by Gasteiger charge is 2.10. The van der Waals surface area contributed by atoms with Gasteiger partial charge in [-0.25, -0.2) is 9.59 Å². The lowest BCUT2D eigenvalue weighted by molar-refractivity contribution is 0.140. The van der Waals surface area contributed by atoms with E-state index in [0.29, 0.717) is 26.1 Å². The summed E-state index contributed by atoms with van der Waals surface area (Å²) in [5.41, 5.74) is 2.08. The molecule has 2 aromatic carbocycles. The maximum absolute atomic E-state index is 11.9. The van der Waals surface area contributed by atoms with E-state index >= 15 is 0 Å².